The molecule has 12 rings (SSSR count). The third-order valence-electron chi connectivity index (χ3n) is 13.9. The van der Waals surface area contributed by atoms with Crippen molar-refractivity contribution >= 4 is 69.0 Å². The van der Waals surface area contributed by atoms with Gasteiger partial charge in [0.05, 0.1) is 51.6 Å². The van der Waals surface area contributed by atoms with Crippen molar-refractivity contribution in [3.05, 3.63) is 95.7 Å². The van der Waals surface area contributed by atoms with Crippen molar-refractivity contribution in [2.45, 2.75) is 75.9 Å². The molecule has 2 N–H and O–H groups in total. The summed E-state index contributed by atoms with van der Waals surface area (Å²) in [5, 5.41) is 8.30. The number of likely N-dealkylation sites (tertiary alicyclic amines) is 2. The van der Waals surface area contributed by atoms with E-state index < -0.39 is 23.9 Å². The van der Waals surface area contributed by atoms with Crippen LogP contribution in [0.4, 0.5) is 11.6 Å². The third kappa shape index (κ3) is 9.56. The molecule has 4 bridgehead atoms. The summed E-state index contributed by atoms with van der Waals surface area (Å²) in [5.41, 5.74) is 2.26. The first kappa shape index (κ1) is 49.3. The number of pyridine rings is 2. The molecule has 0 saturated carbocycles. The van der Waals surface area contributed by atoms with Crippen LogP contribution in [0.1, 0.15) is 59.2 Å². The predicted octanol–water partition coefficient (Wildman–Crippen LogP) is 2.58. The highest BCUT2D eigenvalue weighted by Crippen LogP contribution is 2.39. The number of morpholine rings is 2. The molecule has 24 heteroatoms. The minimum Gasteiger partial charge on any atom is -0.491 e. The van der Waals surface area contributed by atoms with E-state index in [0.717, 1.165) is 22.4 Å². The molecule has 4 aromatic heterocycles. The average Bonchev–Trinajstić information content (AvgIpc) is 4.38. The summed E-state index contributed by atoms with van der Waals surface area (Å²) < 4.78 is 37.4. The van der Waals surface area contributed by atoms with Crippen molar-refractivity contribution < 1.29 is 57.2 Å². The number of carbonyl (C=O) groups is 6. The predicted molar refractivity (Wildman–Crippen MR) is 267 cm³/mol. The van der Waals surface area contributed by atoms with Gasteiger partial charge in [0, 0.05) is 87.4 Å². The summed E-state index contributed by atoms with van der Waals surface area (Å²) in [6, 6.07) is 13.1. The number of esters is 2. The number of ether oxygens (including phenoxy) is 6. The smallest absolute Gasteiger partial charge is 0.329 e. The van der Waals surface area contributed by atoms with Gasteiger partial charge in [0.1, 0.15) is 47.0 Å². The highest BCUT2D eigenvalue weighted by Gasteiger charge is 2.49. The van der Waals surface area contributed by atoms with E-state index in [0.29, 0.717) is 110 Å². The highest BCUT2D eigenvalue weighted by molar-refractivity contribution is 5.98. The molecule has 6 aliphatic heterocycles. The van der Waals surface area contributed by atoms with E-state index >= 15 is 0 Å². The Kier molecular flexibility index (Phi) is 13.7. The molecular weight excluding hydrogens is 985 g/mol. The average molecular weight is 1040 g/mol. The van der Waals surface area contributed by atoms with Gasteiger partial charge in [-0.25, -0.2) is 19.6 Å². The lowest BCUT2D eigenvalue weighted by Gasteiger charge is -2.25. The molecule has 2 aromatic carbocycles. The Morgan fingerprint density at radius 3 is 1.47 bits per heavy atom. The molecule has 4 saturated heterocycles. The van der Waals surface area contributed by atoms with Crippen molar-refractivity contribution in [3.8, 4) is 23.0 Å². The summed E-state index contributed by atoms with van der Waals surface area (Å²) in [5.74, 6) is 1.69. The second-order valence-corrected chi connectivity index (χ2v) is 18.6. The first-order valence-electron chi connectivity index (χ1n) is 25.0. The van der Waals surface area contributed by atoms with Crippen molar-refractivity contribution in [2.24, 2.45) is 9.98 Å². The number of hydrogen-bond acceptors (Lipinski definition) is 18. The Morgan fingerprint density at radius 2 is 1.09 bits per heavy atom. The SMILES string of the molecule is COc1c(OCCCC(=O)N2C[C@@H]3C[C@H]2C(=O)O3)ccc2c3n(c(=NC(=O)c4cccnc4)nc12)CCN3.COc1c(OCCCC(=O)N2C[C@H]3C[C@@H]2C(=O)O3)ccc2c3n(c(=NC(=O)c4cccnc4)nc12)CCN3. The molecule has 392 valence electrons. The minimum absolute atomic E-state index is 0.0758. The van der Waals surface area contributed by atoms with Crippen molar-refractivity contribution in [1.29, 1.82) is 0 Å². The lowest BCUT2D eigenvalue weighted by Crippen LogP contribution is -2.44. The van der Waals surface area contributed by atoms with Gasteiger partial charge in [-0.3, -0.25) is 38.3 Å². The summed E-state index contributed by atoms with van der Waals surface area (Å²) in [6.07, 6.45) is 8.40. The van der Waals surface area contributed by atoms with Gasteiger partial charge in [-0.15, -0.1) is 0 Å². The van der Waals surface area contributed by atoms with Crippen LogP contribution in [0, 0.1) is 0 Å². The highest BCUT2D eigenvalue weighted by atomic mass is 16.6. The van der Waals surface area contributed by atoms with Gasteiger partial charge < -0.3 is 48.9 Å². The van der Waals surface area contributed by atoms with Crippen LogP contribution < -0.4 is 40.8 Å². The maximum Gasteiger partial charge on any atom is 0.329 e. The fourth-order valence-corrected chi connectivity index (χ4v) is 10.3. The zero-order valence-corrected chi connectivity index (χ0v) is 41.5. The molecule has 4 fully saturated rings. The largest absolute Gasteiger partial charge is 0.491 e. The van der Waals surface area contributed by atoms with Gasteiger partial charge in [0.2, 0.25) is 23.1 Å². The number of rotatable bonds is 14. The van der Waals surface area contributed by atoms with Crippen molar-refractivity contribution in [3.63, 3.8) is 0 Å². The molecule has 6 aliphatic rings. The number of benzene rings is 2. The molecule has 0 unspecified atom stereocenters. The fraction of sp³-hybridized carbons (Fsp3) is 0.385. The number of fused-ring (bicyclic) bond motifs is 10. The van der Waals surface area contributed by atoms with Crippen LogP contribution in [0.2, 0.25) is 0 Å². The molecule has 4 atom stereocenters. The van der Waals surface area contributed by atoms with Crippen LogP contribution in [0.15, 0.2) is 83.3 Å². The zero-order chi connectivity index (χ0) is 52.5. The number of anilines is 2. The summed E-state index contributed by atoms with van der Waals surface area (Å²) in [4.78, 5) is 103. The molecule has 6 aromatic rings. The molecular formula is C52H52N12O12. The van der Waals surface area contributed by atoms with E-state index in [9.17, 15) is 28.8 Å². The van der Waals surface area contributed by atoms with Crippen LogP contribution in [-0.4, -0.2) is 152 Å². The van der Waals surface area contributed by atoms with Crippen LogP contribution in [0.25, 0.3) is 21.8 Å². The zero-order valence-electron chi connectivity index (χ0n) is 41.5. The number of hydrogen-bond donors (Lipinski definition) is 2. The minimum atomic E-state index is -0.446. The quantitative estimate of drug-likeness (QED) is 0.117. The Morgan fingerprint density at radius 1 is 0.645 bits per heavy atom. The Labute approximate surface area is 432 Å². The first-order chi connectivity index (χ1) is 37.1. The number of aromatic nitrogens is 6. The molecule has 0 radical (unpaired) electrons. The monoisotopic (exact) mass is 1040 g/mol. The van der Waals surface area contributed by atoms with Crippen LogP contribution in [0.5, 0.6) is 23.0 Å². The summed E-state index contributed by atoms with van der Waals surface area (Å²) in [6.45, 7) is 4.05. The Bertz CT molecular complexity index is 3230. The maximum absolute atomic E-state index is 12.8. The Hall–Kier alpha value is -8.96. The van der Waals surface area contributed by atoms with E-state index in [2.05, 4.69) is 40.6 Å². The lowest BCUT2D eigenvalue weighted by molar-refractivity contribution is -0.157. The van der Waals surface area contributed by atoms with Crippen LogP contribution in [0.3, 0.4) is 0 Å². The summed E-state index contributed by atoms with van der Waals surface area (Å²) in [7, 11) is 3.06. The van der Waals surface area contributed by atoms with E-state index in [1.54, 1.807) is 58.6 Å². The molecule has 0 spiro atoms. The van der Waals surface area contributed by atoms with Crippen molar-refractivity contribution in [1.82, 2.24) is 38.9 Å². The van der Waals surface area contributed by atoms with Crippen LogP contribution >= 0.6 is 0 Å². The van der Waals surface area contributed by atoms with E-state index in [4.69, 9.17) is 28.4 Å². The van der Waals surface area contributed by atoms with Crippen LogP contribution in [-0.2, 0) is 41.7 Å². The van der Waals surface area contributed by atoms with Gasteiger partial charge in [-0.1, -0.05) is 0 Å². The number of nitrogens with zero attached hydrogens (tertiary/aromatic N) is 10. The number of carbonyl (C=O) groups excluding carboxylic acids is 6. The van der Waals surface area contributed by atoms with Crippen molar-refractivity contribution in [2.75, 3.05) is 64.2 Å². The standard InChI is InChI=1S/2C26H26N6O6/c2*1-36-22-19(37-11-3-5-20(33)32-14-16-12-18(32)25(35)38-16)7-6-17-21(22)29-26(31-10-9-28-23(17)31)30-24(34)15-4-2-8-27-13-15/h2*2,4,6-8,13,16,18,28H,3,5,9-12,14H2,1H3/t2*16-,18-/m10/s1. The molecule has 76 heavy (non-hydrogen) atoms. The van der Waals surface area contributed by atoms with E-state index in [-0.39, 0.29) is 73.3 Å². The van der Waals surface area contributed by atoms with E-state index in [1.807, 2.05) is 21.3 Å². The van der Waals surface area contributed by atoms with Gasteiger partial charge in [-0.05, 0) is 61.4 Å². The maximum atomic E-state index is 12.8. The van der Waals surface area contributed by atoms with Gasteiger partial charge in [-0.2, -0.15) is 9.98 Å². The fourth-order valence-electron chi connectivity index (χ4n) is 10.3. The summed E-state index contributed by atoms with van der Waals surface area (Å²) >= 11 is 0. The topological polar surface area (TPSA) is 274 Å². The second kappa shape index (κ2) is 21.1. The van der Waals surface area contributed by atoms with Gasteiger partial charge in [0.25, 0.3) is 11.8 Å². The number of nitrogens with one attached hydrogen (secondary N) is 2. The molecule has 24 nitrogen and oxygen atoms in total. The van der Waals surface area contributed by atoms with Gasteiger partial charge in [0.15, 0.2) is 23.0 Å². The molecule has 4 amide bonds. The molecule has 10 heterocycles. The first-order valence-corrected chi connectivity index (χ1v) is 25.0. The number of amides is 4. The van der Waals surface area contributed by atoms with E-state index in [1.165, 1.54) is 26.6 Å². The number of methoxy groups -OCH3 is 2. The lowest BCUT2D eigenvalue weighted by atomic mass is 10.2. The normalized spacial score (nSPS) is 19.9. The Balaban J connectivity index is 0.000000162. The third-order valence-corrected chi connectivity index (χ3v) is 13.9. The molecule has 0 aliphatic carbocycles. The second-order valence-electron chi connectivity index (χ2n) is 18.6. The van der Waals surface area contributed by atoms with Gasteiger partial charge >= 0.3 is 11.9 Å².